The Balaban J connectivity index is 1.42. The first-order valence-electron chi connectivity index (χ1n) is 17.7. The van der Waals surface area contributed by atoms with Gasteiger partial charge in [-0.15, -0.1) is 0 Å². The molecule has 1 saturated heterocycles. The summed E-state index contributed by atoms with van der Waals surface area (Å²) in [6, 6.07) is 41.8. The lowest BCUT2D eigenvalue weighted by molar-refractivity contribution is -0.119. The maximum atomic E-state index is 14.1. The Morgan fingerprint density at radius 1 is 0.792 bits per heavy atom. The first-order valence-corrected chi connectivity index (χ1v) is 18.1. The van der Waals surface area contributed by atoms with Gasteiger partial charge in [-0.3, -0.25) is 9.59 Å². The number of likely N-dealkylation sites (tertiary alicyclic amines) is 1. The van der Waals surface area contributed by atoms with Gasteiger partial charge in [-0.25, -0.2) is 9.48 Å². The van der Waals surface area contributed by atoms with E-state index >= 15 is 0 Å². The highest BCUT2D eigenvalue weighted by Gasteiger charge is 2.41. The number of anilines is 1. The van der Waals surface area contributed by atoms with Crippen LogP contribution in [0.15, 0.2) is 127 Å². The number of nitrogens with zero attached hydrogens (tertiary/aromatic N) is 3. The smallest absolute Gasteiger partial charge is 0.410 e. The van der Waals surface area contributed by atoms with Crippen molar-refractivity contribution in [3.63, 3.8) is 0 Å². The van der Waals surface area contributed by atoms with E-state index in [4.69, 9.17) is 21.4 Å². The van der Waals surface area contributed by atoms with Crippen LogP contribution < -0.4 is 5.32 Å². The molecule has 0 bridgehead atoms. The van der Waals surface area contributed by atoms with Gasteiger partial charge >= 0.3 is 6.09 Å². The standard InChI is InChI=1S/C44H41ClN4O4/c1-29(50)30-20-22-38(45)36(26-30)31-21-23-39-37(27-31)40(46-41(51)32-24-25-48(28-32)42(52)53-43(2,3)4)47-49(39)44(33-14-8-5-9-15-33,34-16-10-6-11-17-34)35-18-12-7-13-19-35/h5-23,26-27,32H,24-25,28H2,1-4H3,(H,46,47,51)/t32-/m1/s1. The van der Waals surface area contributed by atoms with Gasteiger partial charge in [0.1, 0.15) is 11.1 Å². The number of amides is 2. The Kier molecular flexibility index (Phi) is 9.66. The van der Waals surface area contributed by atoms with E-state index in [0.29, 0.717) is 40.3 Å². The molecule has 7 rings (SSSR count). The molecule has 2 amide bonds. The largest absolute Gasteiger partial charge is 0.444 e. The van der Waals surface area contributed by atoms with Gasteiger partial charge in [-0.2, -0.15) is 5.10 Å². The number of halogens is 1. The predicted octanol–water partition coefficient (Wildman–Crippen LogP) is 9.59. The molecule has 1 aliphatic rings. The highest BCUT2D eigenvalue weighted by atomic mass is 35.5. The van der Waals surface area contributed by atoms with Crippen molar-refractivity contribution in [2.24, 2.45) is 5.92 Å². The third-order valence-corrected chi connectivity index (χ3v) is 10.0. The van der Waals surface area contributed by atoms with Crippen LogP contribution in [0.3, 0.4) is 0 Å². The number of ether oxygens (including phenoxy) is 1. The van der Waals surface area contributed by atoms with Crippen molar-refractivity contribution in [3.8, 4) is 11.1 Å². The van der Waals surface area contributed by atoms with E-state index in [1.54, 1.807) is 23.1 Å². The average molecular weight is 725 g/mol. The zero-order chi connectivity index (χ0) is 37.3. The van der Waals surface area contributed by atoms with Crippen LogP contribution in [-0.4, -0.2) is 51.2 Å². The minimum absolute atomic E-state index is 0.0693. The van der Waals surface area contributed by atoms with Gasteiger partial charge in [0, 0.05) is 34.6 Å². The second-order valence-corrected chi connectivity index (χ2v) is 14.9. The SMILES string of the molecule is CC(=O)c1ccc(Cl)c(-c2ccc3c(c2)c(NC(=O)[C@@H]2CCN(C(=O)OC(C)(C)C)C2)nn3C(c2ccccc2)(c2ccccc2)c2ccccc2)c1. The van der Waals surface area contributed by atoms with Gasteiger partial charge < -0.3 is 15.0 Å². The third-order valence-electron chi connectivity index (χ3n) is 9.71. The number of rotatable bonds is 8. The number of carbonyl (C=O) groups is 3. The quantitative estimate of drug-likeness (QED) is 0.125. The fourth-order valence-electron chi connectivity index (χ4n) is 7.19. The van der Waals surface area contributed by atoms with Crippen molar-refractivity contribution >= 4 is 46.1 Å². The molecule has 53 heavy (non-hydrogen) atoms. The molecule has 0 saturated carbocycles. The van der Waals surface area contributed by atoms with Crippen molar-refractivity contribution in [3.05, 3.63) is 155 Å². The van der Waals surface area contributed by atoms with Gasteiger partial charge in [-0.05, 0) is 86.7 Å². The normalized spacial score (nSPS) is 14.7. The van der Waals surface area contributed by atoms with Crippen LogP contribution in [0.5, 0.6) is 0 Å². The number of aromatic nitrogens is 2. The molecular weight excluding hydrogens is 684 g/mol. The Morgan fingerprint density at radius 2 is 1.38 bits per heavy atom. The van der Waals surface area contributed by atoms with E-state index in [1.165, 1.54) is 6.92 Å². The van der Waals surface area contributed by atoms with Gasteiger partial charge in [-0.1, -0.05) is 109 Å². The number of Topliss-reactive ketones (excluding diaryl/α,β-unsaturated/α-hetero) is 1. The van der Waals surface area contributed by atoms with Crippen molar-refractivity contribution < 1.29 is 19.1 Å². The molecule has 268 valence electrons. The van der Waals surface area contributed by atoms with Gasteiger partial charge in [0.05, 0.1) is 11.4 Å². The number of ketones is 1. The molecule has 1 fully saturated rings. The lowest BCUT2D eigenvalue weighted by atomic mass is 9.77. The molecule has 1 aromatic heterocycles. The summed E-state index contributed by atoms with van der Waals surface area (Å²) in [6.07, 6.45) is 0.0555. The van der Waals surface area contributed by atoms with Crippen LogP contribution in [0.1, 0.15) is 61.2 Å². The van der Waals surface area contributed by atoms with Crippen LogP contribution in [0.2, 0.25) is 5.02 Å². The Bertz CT molecular complexity index is 2200. The third kappa shape index (κ3) is 6.94. The highest BCUT2D eigenvalue weighted by molar-refractivity contribution is 6.33. The van der Waals surface area contributed by atoms with E-state index in [1.807, 2.05) is 98.2 Å². The molecule has 5 aromatic carbocycles. The van der Waals surface area contributed by atoms with Gasteiger partial charge in [0.25, 0.3) is 0 Å². The average Bonchev–Trinajstić information content (AvgIpc) is 3.79. The summed E-state index contributed by atoms with van der Waals surface area (Å²) in [6.45, 7) is 7.65. The summed E-state index contributed by atoms with van der Waals surface area (Å²) in [5.74, 6) is -0.405. The van der Waals surface area contributed by atoms with Crippen molar-refractivity contribution in [1.82, 2.24) is 14.7 Å². The van der Waals surface area contributed by atoms with Crippen LogP contribution in [-0.2, 0) is 15.1 Å². The maximum absolute atomic E-state index is 14.1. The van der Waals surface area contributed by atoms with E-state index < -0.39 is 23.2 Å². The van der Waals surface area contributed by atoms with Crippen molar-refractivity contribution in [1.29, 1.82) is 0 Å². The number of carbonyl (C=O) groups excluding carboxylic acids is 3. The fourth-order valence-corrected chi connectivity index (χ4v) is 7.42. The monoisotopic (exact) mass is 724 g/mol. The second-order valence-electron chi connectivity index (χ2n) is 14.5. The molecule has 2 heterocycles. The summed E-state index contributed by atoms with van der Waals surface area (Å²) >= 11 is 6.75. The zero-order valence-electron chi connectivity index (χ0n) is 30.2. The molecule has 6 aromatic rings. The molecule has 1 aliphatic heterocycles. The molecular formula is C44H41ClN4O4. The first kappa shape index (κ1) is 35.7. The molecule has 0 aliphatic carbocycles. The summed E-state index contributed by atoms with van der Waals surface area (Å²) in [5, 5.41) is 9.65. The first-order chi connectivity index (χ1) is 25.5. The van der Waals surface area contributed by atoms with Gasteiger partial charge in [0.15, 0.2) is 11.6 Å². The maximum Gasteiger partial charge on any atom is 0.410 e. The predicted molar refractivity (Wildman–Crippen MR) is 209 cm³/mol. The molecule has 9 heteroatoms. The molecule has 1 N–H and O–H groups in total. The Hall–Kier alpha value is -5.73. The lowest BCUT2D eigenvalue weighted by Crippen LogP contribution is -2.38. The van der Waals surface area contributed by atoms with Crippen LogP contribution in [0.25, 0.3) is 22.0 Å². The van der Waals surface area contributed by atoms with E-state index in [-0.39, 0.29) is 18.2 Å². The van der Waals surface area contributed by atoms with Crippen molar-refractivity contribution in [2.75, 3.05) is 18.4 Å². The van der Waals surface area contributed by atoms with E-state index in [0.717, 1.165) is 27.8 Å². The lowest BCUT2D eigenvalue weighted by Gasteiger charge is -2.37. The Labute approximate surface area is 314 Å². The van der Waals surface area contributed by atoms with Crippen molar-refractivity contribution in [2.45, 2.75) is 45.3 Å². The number of benzene rings is 5. The highest BCUT2D eigenvalue weighted by Crippen LogP contribution is 2.44. The number of hydrogen-bond acceptors (Lipinski definition) is 5. The minimum atomic E-state index is -0.959. The summed E-state index contributed by atoms with van der Waals surface area (Å²) in [4.78, 5) is 40.9. The Morgan fingerprint density at radius 3 is 1.92 bits per heavy atom. The molecule has 0 radical (unpaired) electrons. The number of hydrogen-bond donors (Lipinski definition) is 1. The summed E-state index contributed by atoms with van der Waals surface area (Å²) in [7, 11) is 0. The topological polar surface area (TPSA) is 93.5 Å². The zero-order valence-corrected chi connectivity index (χ0v) is 30.9. The molecule has 1 atom stereocenters. The molecule has 0 unspecified atom stereocenters. The minimum Gasteiger partial charge on any atom is -0.444 e. The molecule has 8 nitrogen and oxygen atoms in total. The van der Waals surface area contributed by atoms with E-state index in [2.05, 4.69) is 41.7 Å². The summed E-state index contributed by atoms with van der Waals surface area (Å²) in [5.41, 5.74) is 4.09. The summed E-state index contributed by atoms with van der Waals surface area (Å²) < 4.78 is 7.59. The number of fused-ring (bicyclic) bond motifs is 1. The van der Waals surface area contributed by atoms with E-state index in [9.17, 15) is 14.4 Å². The number of nitrogens with one attached hydrogen (secondary N) is 1. The van der Waals surface area contributed by atoms with Crippen LogP contribution in [0, 0.1) is 5.92 Å². The van der Waals surface area contributed by atoms with Crippen LogP contribution >= 0.6 is 11.6 Å². The molecule has 0 spiro atoms. The van der Waals surface area contributed by atoms with Gasteiger partial charge in [0.2, 0.25) is 5.91 Å². The fraction of sp³-hybridized carbons (Fsp3) is 0.227. The van der Waals surface area contributed by atoms with Crippen LogP contribution in [0.4, 0.5) is 10.6 Å². The second kappa shape index (κ2) is 14.4.